The lowest BCUT2D eigenvalue weighted by Gasteiger charge is -2.18. The Bertz CT molecular complexity index is 2290. The van der Waals surface area contributed by atoms with Crippen LogP contribution in [0.5, 0.6) is 34.5 Å². The third-order valence-corrected chi connectivity index (χ3v) is 9.33. The van der Waals surface area contributed by atoms with Crippen LogP contribution in [0.3, 0.4) is 0 Å². The Morgan fingerprint density at radius 1 is 0.482 bits per heavy atom. The zero-order valence-electron chi connectivity index (χ0n) is 31.4. The number of hydrogen-bond donors (Lipinski definition) is 1. The predicted octanol–water partition coefficient (Wildman–Crippen LogP) is 12.7. The molecule has 7 rings (SSSR count). The lowest BCUT2D eigenvalue weighted by atomic mass is 9.90. The molecule has 0 bridgehead atoms. The summed E-state index contributed by atoms with van der Waals surface area (Å²) in [5, 5.41) is 9.04. The van der Waals surface area contributed by atoms with Gasteiger partial charge in [-0.05, 0) is 130 Å². The minimum Gasteiger partial charge on any atom is -0.489 e. The molecule has 7 aromatic carbocycles. The Balaban J connectivity index is 1.19. The molecule has 0 aromatic heterocycles. The molecule has 0 aliphatic carbocycles. The Morgan fingerprint density at radius 3 is 1.45 bits per heavy atom. The van der Waals surface area contributed by atoms with Crippen molar-refractivity contribution < 1.29 is 28.8 Å². The number of para-hydroxylation sites is 2. The quantitative estimate of drug-likeness (QED) is 0.113. The molecule has 0 atom stereocenters. The number of hydrogen-bond acceptors (Lipinski definition) is 5. The SMILES string of the molecule is CCC(COc1ccc(OCC(=O)O)c(C)c1)=C(c1ccc(-c2cccc(Oc3ccccc3)c2)cc1)c1ccc(-c2cccc(Oc3ccccc3)c2)cc1. The first-order valence-electron chi connectivity index (χ1n) is 18.6. The molecule has 0 fully saturated rings. The van der Waals surface area contributed by atoms with E-state index < -0.39 is 12.6 Å². The topological polar surface area (TPSA) is 74.2 Å². The fourth-order valence-corrected chi connectivity index (χ4v) is 6.50. The van der Waals surface area contributed by atoms with Gasteiger partial charge in [0.05, 0.1) is 0 Å². The average Bonchev–Trinajstić information content (AvgIpc) is 3.23. The number of aliphatic carboxylic acids is 1. The van der Waals surface area contributed by atoms with Crippen LogP contribution in [0.2, 0.25) is 0 Å². The summed E-state index contributed by atoms with van der Waals surface area (Å²) in [5.74, 6) is 3.31. The first kappa shape index (κ1) is 37.3. The van der Waals surface area contributed by atoms with Gasteiger partial charge in [0.2, 0.25) is 0 Å². The first-order chi connectivity index (χ1) is 27.4. The maximum absolute atomic E-state index is 11.0. The summed E-state index contributed by atoms with van der Waals surface area (Å²) >= 11 is 0. The molecule has 1 N–H and O–H groups in total. The zero-order valence-corrected chi connectivity index (χ0v) is 31.4. The Kier molecular flexibility index (Phi) is 11.9. The van der Waals surface area contributed by atoms with Gasteiger partial charge in [0.15, 0.2) is 6.61 Å². The number of benzene rings is 7. The van der Waals surface area contributed by atoms with E-state index in [0.29, 0.717) is 18.1 Å². The van der Waals surface area contributed by atoms with Crippen molar-refractivity contribution in [3.8, 4) is 56.8 Å². The fourth-order valence-electron chi connectivity index (χ4n) is 6.50. The lowest BCUT2D eigenvalue weighted by Crippen LogP contribution is -2.10. The lowest BCUT2D eigenvalue weighted by molar-refractivity contribution is -0.139. The van der Waals surface area contributed by atoms with Crippen LogP contribution in [0, 0.1) is 6.92 Å². The third kappa shape index (κ3) is 9.54. The zero-order chi connectivity index (χ0) is 38.7. The highest BCUT2D eigenvalue weighted by Gasteiger charge is 2.15. The number of rotatable bonds is 15. The summed E-state index contributed by atoms with van der Waals surface area (Å²) in [6.45, 7) is 3.99. The van der Waals surface area contributed by atoms with Crippen molar-refractivity contribution in [1.82, 2.24) is 0 Å². The highest BCUT2D eigenvalue weighted by atomic mass is 16.5. The van der Waals surface area contributed by atoms with Crippen molar-refractivity contribution in [2.24, 2.45) is 0 Å². The molecule has 0 spiro atoms. The van der Waals surface area contributed by atoms with Gasteiger partial charge in [-0.1, -0.05) is 116 Å². The van der Waals surface area contributed by atoms with Crippen molar-refractivity contribution in [2.45, 2.75) is 20.3 Å². The normalized spacial score (nSPS) is 10.7. The average molecular weight is 739 g/mol. The van der Waals surface area contributed by atoms with Crippen LogP contribution in [0.4, 0.5) is 0 Å². The summed E-state index contributed by atoms with van der Waals surface area (Å²) in [5.41, 5.74) is 9.46. The molecule has 0 heterocycles. The molecule has 6 heteroatoms. The van der Waals surface area contributed by atoms with Crippen molar-refractivity contribution in [3.05, 3.63) is 198 Å². The Morgan fingerprint density at radius 2 is 0.982 bits per heavy atom. The monoisotopic (exact) mass is 738 g/mol. The van der Waals surface area contributed by atoms with E-state index in [0.717, 1.165) is 79.5 Å². The summed E-state index contributed by atoms with van der Waals surface area (Å²) < 4.78 is 24.1. The van der Waals surface area contributed by atoms with Crippen molar-refractivity contribution in [1.29, 1.82) is 0 Å². The van der Waals surface area contributed by atoms with Crippen LogP contribution in [-0.2, 0) is 4.79 Å². The van der Waals surface area contributed by atoms with Gasteiger partial charge < -0.3 is 24.1 Å². The standard InChI is InChI=1S/C50H42O6/c1-3-36(33-53-45-28-29-48(35(2)30-45)54-34-49(51)52)50(39-24-20-37(21-25-39)41-12-10-18-46(31-41)55-43-14-6-4-7-15-43)40-26-22-38(23-27-40)42-13-11-19-47(32-42)56-44-16-8-5-9-17-44/h4-32H,3,33-34H2,1-2H3,(H,51,52). The molecule has 0 aliphatic heterocycles. The van der Waals surface area contributed by atoms with E-state index in [-0.39, 0.29) is 0 Å². The Labute approximate surface area is 327 Å². The molecule has 0 saturated heterocycles. The molecule has 0 radical (unpaired) electrons. The molecule has 0 saturated carbocycles. The van der Waals surface area contributed by atoms with Crippen LogP contribution in [0.15, 0.2) is 181 Å². The van der Waals surface area contributed by atoms with Crippen LogP contribution >= 0.6 is 0 Å². The van der Waals surface area contributed by atoms with E-state index >= 15 is 0 Å². The van der Waals surface area contributed by atoms with Gasteiger partial charge in [0.25, 0.3) is 0 Å². The number of carbonyl (C=O) groups is 1. The second-order valence-corrected chi connectivity index (χ2v) is 13.3. The van der Waals surface area contributed by atoms with Crippen LogP contribution in [0.25, 0.3) is 27.8 Å². The molecule has 6 nitrogen and oxygen atoms in total. The summed E-state index contributed by atoms with van der Waals surface area (Å²) in [4.78, 5) is 11.0. The molecular weight excluding hydrogens is 697 g/mol. The van der Waals surface area contributed by atoms with Gasteiger partial charge in [0.1, 0.15) is 41.1 Å². The van der Waals surface area contributed by atoms with Gasteiger partial charge in [-0.3, -0.25) is 0 Å². The molecule has 0 amide bonds. The van der Waals surface area contributed by atoms with E-state index in [9.17, 15) is 4.79 Å². The highest BCUT2D eigenvalue weighted by molar-refractivity contribution is 5.84. The predicted molar refractivity (Wildman–Crippen MR) is 223 cm³/mol. The van der Waals surface area contributed by atoms with E-state index in [1.54, 1.807) is 6.07 Å². The van der Waals surface area contributed by atoms with E-state index in [1.165, 1.54) is 0 Å². The number of carboxylic acids is 1. The van der Waals surface area contributed by atoms with Crippen LogP contribution in [-0.4, -0.2) is 24.3 Å². The molecule has 278 valence electrons. The van der Waals surface area contributed by atoms with E-state index in [4.69, 9.17) is 24.1 Å². The van der Waals surface area contributed by atoms with Crippen molar-refractivity contribution >= 4 is 11.5 Å². The molecule has 0 unspecified atom stereocenters. The first-order valence-corrected chi connectivity index (χ1v) is 18.6. The smallest absolute Gasteiger partial charge is 0.341 e. The second-order valence-electron chi connectivity index (χ2n) is 13.3. The molecule has 56 heavy (non-hydrogen) atoms. The minimum atomic E-state index is -1.02. The van der Waals surface area contributed by atoms with Gasteiger partial charge in [-0.25, -0.2) is 4.79 Å². The van der Waals surface area contributed by atoms with Crippen LogP contribution in [0.1, 0.15) is 30.0 Å². The second kappa shape index (κ2) is 17.9. The molecule has 0 aliphatic rings. The summed E-state index contributed by atoms with van der Waals surface area (Å²) in [7, 11) is 0. The Hall–Kier alpha value is -7.05. The van der Waals surface area contributed by atoms with E-state index in [1.807, 2.05) is 104 Å². The fraction of sp³-hybridized carbons (Fsp3) is 0.100. The number of carboxylic acid groups (broad SMARTS) is 1. The van der Waals surface area contributed by atoms with Crippen molar-refractivity contribution in [3.63, 3.8) is 0 Å². The third-order valence-electron chi connectivity index (χ3n) is 9.33. The minimum absolute atomic E-state index is 0.363. The van der Waals surface area contributed by atoms with Crippen LogP contribution < -0.4 is 18.9 Å². The highest BCUT2D eigenvalue weighted by Crippen LogP contribution is 2.35. The van der Waals surface area contributed by atoms with E-state index in [2.05, 4.69) is 79.7 Å². The van der Waals surface area contributed by atoms with Gasteiger partial charge in [-0.2, -0.15) is 0 Å². The summed E-state index contributed by atoms with van der Waals surface area (Å²) in [6, 6.07) is 58.5. The van der Waals surface area contributed by atoms with Gasteiger partial charge >= 0.3 is 5.97 Å². The molecular formula is C50H42O6. The maximum Gasteiger partial charge on any atom is 0.341 e. The largest absolute Gasteiger partial charge is 0.489 e. The number of aryl methyl sites for hydroxylation is 1. The maximum atomic E-state index is 11.0. The molecule has 7 aromatic rings. The van der Waals surface area contributed by atoms with Gasteiger partial charge in [0, 0.05) is 0 Å². The van der Waals surface area contributed by atoms with Crippen molar-refractivity contribution in [2.75, 3.05) is 13.2 Å². The summed E-state index contributed by atoms with van der Waals surface area (Å²) in [6.07, 6.45) is 0.759. The van der Waals surface area contributed by atoms with Gasteiger partial charge in [-0.15, -0.1) is 0 Å². The number of ether oxygens (including phenoxy) is 4.